The average molecular weight is 337 g/mol. The zero-order valence-electron chi connectivity index (χ0n) is 13.6. The van der Waals surface area contributed by atoms with Crippen LogP contribution in [0.4, 0.5) is 10.6 Å². The van der Waals surface area contributed by atoms with Crippen molar-refractivity contribution in [2.75, 3.05) is 12.3 Å². The third-order valence-corrected chi connectivity index (χ3v) is 3.62. The van der Waals surface area contributed by atoms with E-state index in [0.29, 0.717) is 24.4 Å². The van der Waals surface area contributed by atoms with E-state index in [1.165, 1.54) is 6.33 Å². The van der Waals surface area contributed by atoms with E-state index in [1.807, 2.05) is 48.7 Å². The number of nitrogens with one attached hydrogen (secondary N) is 2. The Morgan fingerprint density at radius 1 is 1.28 bits per heavy atom. The number of alkyl carbamates (subject to hydrolysis) is 1. The first kappa shape index (κ1) is 16.5. The summed E-state index contributed by atoms with van der Waals surface area (Å²) in [6, 6.07) is 9.55. The summed E-state index contributed by atoms with van der Waals surface area (Å²) in [5.74, 6) is 0.438. The Kier molecular flexibility index (Phi) is 5.26. The van der Waals surface area contributed by atoms with Crippen LogP contribution in [0.1, 0.15) is 17.5 Å². The Morgan fingerprint density at radius 3 is 2.96 bits per heavy atom. The molecule has 1 aromatic carbocycles. The molecule has 0 bridgehead atoms. The van der Waals surface area contributed by atoms with E-state index in [1.54, 1.807) is 0 Å². The Balaban J connectivity index is 1.43. The van der Waals surface area contributed by atoms with Crippen molar-refractivity contribution in [1.29, 1.82) is 0 Å². The van der Waals surface area contributed by atoms with Gasteiger partial charge in [0.2, 0.25) is 0 Å². The van der Waals surface area contributed by atoms with Crippen LogP contribution in [-0.2, 0) is 11.3 Å². The molecule has 7 heteroatoms. The van der Waals surface area contributed by atoms with E-state index >= 15 is 0 Å². The summed E-state index contributed by atoms with van der Waals surface area (Å²) in [7, 11) is 0. The highest BCUT2D eigenvalue weighted by molar-refractivity contribution is 5.93. The van der Waals surface area contributed by atoms with Crippen molar-refractivity contribution in [2.24, 2.45) is 0 Å². The fourth-order valence-electron chi connectivity index (χ4n) is 2.38. The van der Waals surface area contributed by atoms with Crippen LogP contribution < -0.4 is 11.1 Å². The molecule has 0 spiro atoms. The van der Waals surface area contributed by atoms with Crippen LogP contribution in [0, 0.1) is 0 Å². The van der Waals surface area contributed by atoms with Crippen LogP contribution in [0.2, 0.25) is 0 Å². The molecule has 0 fully saturated rings. The summed E-state index contributed by atoms with van der Waals surface area (Å²) >= 11 is 0. The van der Waals surface area contributed by atoms with Crippen LogP contribution in [0.3, 0.4) is 0 Å². The summed E-state index contributed by atoms with van der Waals surface area (Å²) in [5.41, 5.74) is 8.45. The molecule has 25 heavy (non-hydrogen) atoms. The van der Waals surface area contributed by atoms with Crippen LogP contribution in [0.25, 0.3) is 17.1 Å². The number of carbonyl (C=O) groups is 1. The van der Waals surface area contributed by atoms with E-state index in [4.69, 9.17) is 10.5 Å². The molecule has 3 rings (SSSR count). The summed E-state index contributed by atoms with van der Waals surface area (Å²) in [4.78, 5) is 22.8. The third kappa shape index (κ3) is 4.35. The molecule has 0 saturated heterocycles. The molecule has 4 N–H and O–H groups in total. The van der Waals surface area contributed by atoms with Crippen LogP contribution in [0.15, 0.2) is 48.9 Å². The number of aromatic nitrogens is 3. The largest absolute Gasteiger partial charge is 0.445 e. The minimum Gasteiger partial charge on any atom is -0.445 e. The molecular weight excluding hydrogens is 318 g/mol. The lowest BCUT2D eigenvalue weighted by Crippen LogP contribution is -2.24. The van der Waals surface area contributed by atoms with Crippen molar-refractivity contribution in [2.45, 2.75) is 13.0 Å². The standard InChI is InChI=1S/C18H19N5O2/c19-16-15-14(10-21-17(15)23-12-22-16)8-4-5-9-20-18(24)25-11-13-6-2-1-3-7-13/h1-4,6-8,10,12H,5,9,11H2,(H,20,24)(H3,19,21,22,23). The predicted molar refractivity (Wildman–Crippen MR) is 96.6 cm³/mol. The van der Waals surface area contributed by atoms with Crippen LogP contribution >= 0.6 is 0 Å². The Bertz CT molecular complexity index is 874. The van der Waals surface area contributed by atoms with Gasteiger partial charge in [0.1, 0.15) is 24.4 Å². The monoisotopic (exact) mass is 337 g/mol. The molecule has 0 radical (unpaired) electrons. The van der Waals surface area contributed by atoms with Gasteiger partial charge >= 0.3 is 6.09 Å². The van der Waals surface area contributed by atoms with Crippen molar-refractivity contribution in [3.63, 3.8) is 0 Å². The van der Waals surface area contributed by atoms with Gasteiger partial charge in [-0.3, -0.25) is 0 Å². The minimum atomic E-state index is -0.429. The van der Waals surface area contributed by atoms with Gasteiger partial charge in [-0.15, -0.1) is 0 Å². The second-order valence-corrected chi connectivity index (χ2v) is 5.41. The number of rotatable bonds is 6. The van der Waals surface area contributed by atoms with Gasteiger partial charge in [0, 0.05) is 18.3 Å². The summed E-state index contributed by atoms with van der Waals surface area (Å²) < 4.78 is 5.14. The Hall–Kier alpha value is -3.35. The number of fused-ring (bicyclic) bond motifs is 1. The molecule has 1 amide bonds. The third-order valence-electron chi connectivity index (χ3n) is 3.62. The van der Waals surface area contributed by atoms with E-state index < -0.39 is 6.09 Å². The van der Waals surface area contributed by atoms with Gasteiger partial charge in [-0.05, 0) is 12.0 Å². The van der Waals surface area contributed by atoms with Crippen molar-refractivity contribution >= 4 is 29.0 Å². The number of hydrogen-bond acceptors (Lipinski definition) is 5. The van der Waals surface area contributed by atoms with Gasteiger partial charge < -0.3 is 20.8 Å². The molecule has 0 saturated carbocycles. The number of ether oxygens (including phenoxy) is 1. The van der Waals surface area contributed by atoms with Crippen molar-refractivity contribution in [1.82, 2.24) is 20.3 Å². The first-order valence-electron chi connectivity index (χ1n) is 7.92. The molecule has 0 aliphatic heterocycles. The average Bonchev–Trinajstić information content (AvgIpc) is 3.05. The number of anilines is 1. The van der Waals surface area contributed by atoms with Gasteiger partial charge in [0.25, 0.3) is 0 Å². The minimum absolute atomic E-state index is 0.261. The topological polar surface area (TPSA) is 106 Å². The van der Waals surface area contributed by atoms with Crippen molar-refractivity contribution in [3.8, 4) is 0 Å². The van der Waals surface area contributed by atoms with E-state index in [9.17, 15) is 4.79 Å². The number of carbonyl (C=O) groups excluding carboxylic acids is 1. The summed E-state index contributed by atoms with van der Waals surface area (Å²) in [6.07, 6.45) is 7.37. The van der Waals surface area contributed by atoms with E-state index in [2.05, 4.69) is 20.3 Å². The molecule has 3 aromatic rings. The van der Waals surface area contributed by atoms with Gasteiger partial charge in [0.15, 0.2) is 0 Å². The fourth-order valence-corrected chi connectivity index (χ4v) is 2.38. The predicted octanol–water partition coefficient (Wildman–Crippen LogP) is 2.87. The molecule has 0 unspecified atom stereocenters. The number of nitrogen functional groups attached to an aromatic ring is 1. The lowest BCUT2D eigenvalue weighted by Gasteiger charge is -2.05. The molecule has 0 aliphatic carbocycles. The maximum absolute atomic E-state index is 11.6. The van der Waals surface area contributed by atoms with Crippen LogP contribution in [0.5, 0.6) is 0 Å². The highest BCUT2D eigenvalue weighted by atomic mass is 16.5. The Morgan fingerprint density at radius 2 is 2.12 bits per heavy atom. The lowest BCUT2D eigenvalue weighted by atomic mass is 10.2. The lowest BCUT2D eigenvalue weighted by molar-refractivity contribution is 0.140. The molecule has 128 valence electrons. The zero-order chi connectivity index (χ0) is 17.5. The second kappa shape index (κ2) is 7.96. The van der Waals surface area contributed by atoms with Gasteiger partial charge in [0.05, 0.1) is 5.39 Å². The van der Waals surface area contributed by atoms with Gasteiger partial charge in [-0.25, -0.2) is 14.8 Å². The number of benzene rings is 1. The van der Waals surface area contributed by atoms with Gasteiger partial charge in [-0.2, -0.15) is 0 Å². The number of amides is 1. The normalized spacial score (nSPS) is 11.0. The SMILES string of the molecule is Nc1ncnc2[nH]cc(C=CCCNC(=O)OCc3ccccc3)c12. The maximum atomic E-state index is 11.6. The molecule has 2 heterocycles. The second-order valence-electron chi connectivity index (χ2n) is 5.41. The van der Waals surface area contributed by atoms with Crippen LogP contribution in [-0.4, -0.2) is 27.6 Å². The smallest absolute Gasteiger partial charge is 0.407 e. The fraction of sp³-hybridized carbons (Fsp3) is 0.167. The molecule has 0 aliphatic rings. The first-order valence-corrected chi connectivity index (χ1v) is 7.92. The molecular formula is C18H19N5O2. The summed E-state index contributed by atoms with van der Waals surface area (Å²) in [5, 5.41) is 3.51. The maximum Gasteiger partial charge on any atom is 0.407 e. The van der Waals surface area contributed by atoms with E-state index in [0.717, 1.165) is 16.5 Å². The highest BCUT2D eigenvalue weighted by Gasteiger charge is 2.06. The number of hydrogen-bond donors (Lipinski definition) is 3. The van der Waals surface area contributed by atoms with E-state index in [-0.39, 0.29) is 6.61 Å². The molecule has 0 atom stereocenters. The van der Waals surface area contributed by atoms with Crippen molar-refractivity contribution in [3.05, 3.63) is 60.1 Å². The number of nitrogens with two attached hydrogens (primary N) is 1. The zero-order valence-corrected chi connectivity index (χ0v) is 13.6. The van der Waals surface area contributed by atoms with Gasteiger partial charge in [-0.1, -0.05) is 42.5 Å². The number of H-pyrrole nitrogens is 1. The molecule has 7 nitrogen and oxygen atoms in total. The van der Waals surface area contributed by atoms with Crippen molar-refractivity contribution < 1.29 is 9.53 Å². The first-order chi connectivity index (χ1) is 12.2. The summed E-state index contributed by atoms with van der Waals surface area (Å²) in [6.45, 7) is 0.746. The Labute approximate surface area is 144 Å². The molecule has 2 aromatic heterocycles. The quantitative estimate of drug-likeness (QED) is 0.600. The number of aromatic amines is 1. The number of nitrogens with zero attached hydrogens (tertiary/aromatic N) is 2. The highest BCUT2D eigenvalue weighted by Crippen LogP contribution is 2.21.